The minimum atomic E-state index is -0.313. The Morgan fingerprint density at radius 2 is 2.27 bits per heavy atom. The minimum Gasteiger partial charge on any atom is -0.486 e. The third kappa shape index (κ3) is 3.36. The number of halogens is 1. The molecule has 1 N–H and O–H groups in total. The third-order valence-corrected chi connectivity index (χ3v) is 1.98. The molecule has 15 heavy (non-hydrogen) atoms. The van der Waals surface area contributed by atoms with Crippen LogP contribution in [0.2, 0.25) is 0 Å². The Labute approximate surface area is 89.8 Å². The van der Waals surface area contributed by atoms with E-state index in [0.717, 1.165) is 5.56 Å². The van der Waals surface area contributed by atoms with Crippen LogP contribution in [-0.4, -0.2) is 13.7 Å². The molecule has 0 atom stereocenters. The van der Waals surface area contributed by atoms with Gasteiger partial charge in [-0.3, -0.25) is 0 Å². The zero-order valence-electron chi connectivity index (χ0n) is 9.09. The van der Waals surface area contributed by atoms with Crippen molar-refractivity contribution in [3.63, 3.8) is 0 Å². The fraction of sp³-hybridized carbons (Fsp3) is 0.333. The molecule has 1 aromatic carbocycles. The Kier molecular flexibility index (Phi) is 4.84. The van der Waals surface area contributed by atoms with Gasteiger partial charge in [0.2, 0.25) is 0 Å². The van der Waals surface area contributed by atoms with Crippen LogP contribution >= 0.6 is 0 Å². The number of para-hydroxylation sites is 1. The number of allylic oxidation sites excluding steroid dienone is 1. The summed E-state index contributed by atoms with van der Waals surface area (Å²) < 4.78 is 18.8. The van der Waals surface area contributed by atoms with Gasteiger partial charge in [0.15, 0.2) is 11.6 Å². The van der Waals surface area contributed by atoms with Crippen LogP contribution in [0.4, 0.5) is 4.39 Å². The molecule has 0 radical (unpaired) electrons. The van der Waals surface area contributed by atoms with Gasteiger partial charge < -0.3 is 10.1 Å². The van der Waals surface area contributed by atoms with Crippen LogP contribution in [0.5, 0.6) is 5.75 Å². The lowest BCUT2D eigenvalue weighted by Gasteiger charge is -2.10. The second-order valence-electron chi connectivity index (χ2n) is 3.14. The van der Waals surface area contributed by atoms with Gasteiger partial charge in [-0.2, -0.15) is 0 Å². The summed E-state index contributed by atoms with van der Waals surface area (Å²) >= 11 is 0. The molecule has 82 valence electrons. The fourth-order valence-electron chi connectivity index (χ4n) is 1.27. The first-order chi connectivity index (χ1) is 7.29. The monoisotopic (exact) mass is 209 g/mol. The Bertz CT molecular complexity index is 336. The van der Waals surface area contributed by atoms with Gasteiger partial charge >= 0.3 is 0 Å². The molecule has 0 fully saturated rings. The first kappa shape index (κ1) is 11.7. The molecule has 0 unspecified atom stereocenters. The second-order valence-corrected chi connectivity index (χ2v) is 3.14. The summed E-state index contributed by atoms with van der Waals surface area (Å²) in [4.78, 5) is 0. The smallest absolute Gasteiger partial charge is 0.165 e. The van der Waals surface area contributed by atoms with Gasteiger partial charge in [0, 0.05) is 12.1 Å². The average Bonchev–Trinajstić information content (AvgIpc) is 2.23. The Morgan fingerprint density at radius 3 is 2.93 bits per heavy atom. The molecule has 0 bridgehead atoms. The molecule has 1 aromatic rings. The highest BCUT2D eigenvalue weighted by molar-refractivity contribution is 5.35. The van der Waals surface area contributed by atoms with E-state index in [0.29, 0.717) is 18.9 Å². The van der Waals surface area contributed by atoms with E-state index in [1.54, 1.807) is 6.07 Å². The van der Waals surface area contributed by atoms with Crippen molar-refractivity contribution in [1.82, 2.24) is 5.32 Å². The fourth-order valence-corrected chi connectivity index (χ4v) is 1.27. The van der Waals surface area contributed by atoms with E-state index >= 15 is 0 Å². The van der Waals surface area contributed by atoms with E-state index in [2.05, 4.69) is 5.32 Å². The molecule has 3 heteroatoms. The molecule has 0 saturated carbocycles. The molecule has 0 amide bonds. The van der Waals surface area contributed by atoms with Crippen LogP contribution in [0.1, 0.15) is 12.5 Å². The van der Waals surface area contributed by atoms with Crippen molar-refractivity contribution in [2.24, 2.45) is 0 Å². The molecule has 0 aliphatic heterocycles. The van der Waals surface area contributed by atoms with Gasteiger partial charge in [-0.25, -0.2) is 4.39 Å². The average molecular weight is 209 g/mol. The number of ether oxygens (including phenoxy) is 1. The third-order valence-electron chi connectivity index (χ3n) is 1.98. The van der Waals surface area contributed by atoms with Gasteiger partial charge in [0.05, 0.1) is 0 Å². The highest BCUT2D eigenvalue weighted by Gasteiger charge is 2.07. The van der Waals surface area contributed by atoms with Gasteiger partial charge in [-0.15, -0.1) is 0 Å². The molecule has 2 nitrogen and oxygen atoms in total. The number of hydrogen-bond acceptors (Lipinski definition) is 2. The topological polar surface area (TPSA) is 21.3 Å². The van der Waals surface area contributed by atoms with Gasteiger partial charge in [0.25, 0.3) is 0 Å². The zero-order valence-corrected chi connectivity index (χ0v) is 9.09. The van der Waals surface area contributed by atoms with E-state index < -0.39 is 0 Å². The normalized spacial score (nSPS) is 10.9. The summed E-state index contributed by atoms with van der Waals surface area (Å²) in [5.41, 5.74) is 0.835. The molecular weight excluding hydrogens is 193 g/mol. The van der Waals surface area contributed by atoms with Crippen molar-refractivity contribution >= 4 is 0 Å². The van der Waals surface area contributed by atoms with E-state index in [1.165, 1.54) is 6.07 Å². The van der Waals surface area contributed by atoms with Crippen LogP contribution in [0.3, 0.4) is 0 Å². The summed E-state index contributed by atoms with van der Waals surface area (Å²) in [5.74, 6) is 0.0252. The van der Waals surface area contributed by atoms with Gasteiger partial charge in [0.1, 0.15) is 6.61 Å². The lowest BCUT2D eigenvalue weighted by atomic mass is 10.2. The molecule has 0 spiro atoms. The van der Waals surface area contributed by atoms with Crippen molar-refractivity contribution in [2.75, 3.05) is 13.7 Å². The summed E-state index contributed by atoms with van der Waals surface area (Å²) in [7, 11) is 1.82. The van der Waals surface area contributed by atoms with Crippen molar-refractivity contribution in [2.45, 2.75) is 13.5 Å². The summed E-state index contributed by atoms with van der Waals surface area (Å²) in [6.45, 7) is 2.90. The maximum absolute atomic E-state index is 13.4. The second kappa shape index (κ2) is 6.19. The Balaban J connectivity index is 2.81. The maximum Gasteiger partial charge on any atom is 0.165 e. The zero-order chi connectivity index (χ0) is 11.1. The van der Waals surface area contributed by atoms with Crippen molar-refractivity contribution in [3.05, 3.63) is 41.7 Å². The predicted octanol–water partition coefficient (Wildman–Crippen LogP) is 2.50. The highest BCUT2D eigenvalue weighted by atomic mass is 19.1. The van der Waals surface area contributed by atoms with Crippen LogP contribution < -0.4 is 10.1 Å². The summed E-state index contributed by atoms with van der Waals surface area (Å²) in [6.07, 6.45) is 3.72. The van der Waals surface area contributed by atoms with Crippen molar-refractivity contribution in [1.29, 1.82) is 0 Å². The van der Waals surface area contributed by atoms with E-state index in [9.17, 15) is 4.39 Å². The molecule has 0 heterocycles. The molecule has 0 saturated heterocycles. The van der Waals surface area contributed by atoms with E-state index in [1.807, 2.05) is 32.2 Å². The summed E-state index contributed by atoms with van der Waals surface area (Å²) in [5, 5.41) is 2.98. The van der Waals surface area contributed by atoms with Crippen molar-refractivity contribution < 1.29 is 9.13 Å². The molecule has 0 aliphatic carbocycles. The number of hydrogen-bond donors (Lipinski definition) is 1. The Morgan fingerprint density at radius 1 is 1.47 bits per heavy atom. The molecule has 0 aliphatic rings. The first-order valence-electron chi connectivity index (χ1n) is 4.95. The van der Waals surface area contributed by atoms with Crippen LogP contribution in [0.15, 0.2) is 30.4 Å². The quantitative estimate of drug-likeness (QED) is 0.752. The van der Waals surface area contributed by atoms with Gasteiger partial charge in [-0.05, 0) is 20.0 Å². The van der Waals surface area contributed by atoms with Crippen LogP contribution in [0.25, 0.3) is 0 Å². The number of rotatable bonds is 5. The largest absolute Gasteiger partial charge is 0.486 e. The summed E-state index contributed by atoms with van der Waals surface area (Å²) in [6, 6.07) is 4.94. The lowest BCUT2D eigenvalue weighted by molar-refractivity contribution is 0.336. The molecular formula is C12H16FNO. The number of benzene rings is 1. The first-order valence-corrected chi connectivity index (χ1v) is 4.95. The molecule has 1 rings (SSSR count). The number of nitrogens with one attached hydrogen (secondary N) is 1. The highest BCUT2D eigenvalue weighted by Crippen LogP contribution is 2.22. The maximum atomic E-state index is 13.4. The van der Waals surface area contributed by atoms with Crippen molar-refractivity contribution in [3.8, 4) is 5.75 Å². The predicted molar refractivity (Wildman–Crippen MR) is 59.5 cm³/mol. The van der Waals surface area contributed by atoms with E-state index in [4.69, 9.17) is 4.74 Å². The SMILES string of the molecule is C/C=C/COc1c(F)cccc1CNC. The van der Waals surface area contributed by atoms with E-state index in [-0.39, 0.29) is 5.82 Å². The van der Waals surface area contributed by atoms with Crippen LogP contribution in [-0.2, 0) is 6.54 Å². The Hall–Kier alpha value is -1.35. The molecule has 0 aromatic heterocycles. The standard InChI is InChI=1S/C12H16FNO/c1-3-4-8-15-12-10(9-14-2)6-5-7-11(12)13/h3-7,14H,8-9H2,1-2H3/b4-3+. The minimum absolute atomic E-state index is 0.313. The lowest BCUT2D eigenvalue weighted by Crippen LogP contribution is -2.08. The van der Waals surface area contributed by atoms with Crippen LogP contribution in [0, 0.1) is 5.82 Å². The van der Waals surface area contributed by atoms with Gasteiger partial charge in [-0.1, -0.05) is 24.3 Å².